The second kappa shape index (κ2) is 12.7. The first-order valence-corrected chi connectivity index (χ1v) is 12.8. The summed E-state index contributed by atoms with van der Waals surface area (Å²) in [6.07, 6.45) is 1.92. The third-order valence-electron chi connectivity index (χ3n) is 5.49. The molecule has 0 saturated carbocycles. The molecule has 4 rings (SSSR count). The Bertz CT molecular complexity index is 1410. The Morgan fingerprint density at radius 1 is 1.08 bits per heavy atom. The Kier molecular flexibility index (Phi) is 8.90. The summed E-state index contributed by atoms with van der Waals surface area (Å²) in [5.41, 5.74) is 3.12. The molecule has 0 radical (unpaired) electrons. The quantitative estimate of drug-likeness (QED) is 0.327. The fourth-order valence-electron chi connectivity index (χ4n) is 3.75. The van der Waals surface area contributed by atoms with Crippen molar-refractivity contribution in [2.75, 3.05) is 25.1 Å². The van der Waals surface area contributed by atoms with E-state index < -0.39 is 0 Å². The molecule has 0 bridgehead atoms. The number of ether oxygens (including phenoxy) is 2. The monoisotopic (exact) mass is 572 g/mol. The predicted octanol–water partition coefficient (Wildman–Crippen LogP) is 5.41. The van der Waals surface area contributed by atoms with Gasteiger partial charge < -0.3 is 14.8 Å². The van der Waals surface area contributed by atoms with Gasteiger partial charge in [0.15, 0.2) is 18.1 Å². The molecule has 38 heavy (non-hydrogen) atoms. The van der Waals surface area contributed by atoms with Gasteiger partial charge in [0.2, 0.25) is 0 Å². The minimum atomic E-state index is -0.307. The highest BCUT2D eigenvalue weighted by Gasteiger charge is 2.30. The number of halogens is 1. The normalized spacial score (nSPS) is 13.7. The average molecular weight is 573 g/mol. The fourth-order valence-corrected chi connectivity index (χ4v) is 4.01. The first-order chi connectivity index (χ1) is 18.5. The van der Waals surface area contributed by atoms with Crippen molar-refractivity contribution in [1.82, 2.24) is 5.01 Å². The van der Waals surface area contributed by atoms with Gasteiger partial charge in [0, 0.05) is 15.7 Å². The summed E-state index contributed by atoms with van der Waals surface area (Å²) in [5.74, 6) is 0.272. The molecule has 8 nitrogen and oxygen atoms in total. The van der Waals surface area contributed by atoms with Gasteiger partial charge in [-0.15, -0.1) is 0 Å². The lowest BCUT2D eigenvalue weighted by atomic mass is 10.00. The second-order valence-corrected chi connectivity index (χ2v) is 9.11. The zero-order chi connectivity index (χ0) is 26.9. The van der Waals surface area contributed by atoms with E-state index in [-0.39, 0.29) is 31.4 Å². The third-order valence-corrected chi connectivity index (χ3v) is 6.02. The first kappa shape index (κ1) is 26.6. The Balaban J connectivity index is 1.54. The van der Waals surface area contributed by atoms with Crippen LogP contribution < -0.4 is 14.8 Å². The first-order valence-electron chi connectivity index (χ1n) is 12.0. The number of anilines is 1. The van der Waals surface area contributed by atoms with Crippen LogP contribution in [0.15, 0.2) is 87.9 Å². The fraction of sp³-hybridized carbons (Fsp3) is 0.172. The Morgan fingerprint density at radius 3 is 2.55 bits per heavy atom. The number of hydrogen-bond acceptors (Lipinski definition) is 6. The number of carbonyl (C=O) groups excluding carboxylic acids is 2. The molecule has 3 aromatic rings. The molecular formula is C29H25BrN4O4. The zero-order valence-electron chi connectivity index (χ0n) is 20.7. The summed E-state index contributed by atoms with van der Waals surface area (Å²) in [4.78, 5) is 25.5. The van der Waals surface area contributed by atoms with Gasteiger partial charge in [0.1, 0.15) is 5.71 Å². The molecule has 1 aliphatic rings. The van der Waals surface area contributed by atoms with E-state index in [0.29, 0.717) is 40.6 Å². The number of hydrogen-bond donors (Lipinski definition) is 1. The highest BCUT2D eigenvalue weighted by molar-refractivity contribution is 9.10. The maximum atomic E-state index is 13.2. The van der Waals surface area contributed by atoms with Crippen molar-refractivity contribution in [2.24, 2.45) is 5.10 Å². The van der Waals surface area contributed by atoms with Crippen LogP contribution >= 0.6 is 15.9 Å². The number of amides is 2. The summed E-state index contributed by atoms with van der Waals surface area (Å²) in [5, 5.41) is 17.6. The van der Waals surface area contributed by atoms with E-state index in [0.717, 1.165) is 10.0 Å². The molecule has 0 spiro atoms. The molecular weight excluding hydrogens is 548 g/mol. The number of nitrogens with zero attached hydrogens (tertiary/aromatic N) is 3. The standard InChI is InChI=1S/C29H25BrN4O4/c1-2-37-26-18-20(9-14-25(26)38-19-27(35)32-23-12-10-22(30)11-13-23)17-24-28(21-7-4-3-5-8-21)33-34(29(24)36)16-6-15-31/h3-5,7-14,17-18H,2,6,16,19H2,1H3,(H,32,35)/b24-17+. The maximum absolute atomic E-state index is 13.2. The number of nitriles is 1. The number of nitrogens with one attached hydrogen (secondary N) is 1. The van der Waals surface area contributed by atoms with E-state index in [2.05, 4.69) is 32.4 Å². The number of carbonyl (C=O) groups is 2. The highest BCUT2D eigenvalue weighted by Crippen LogP contribution is 2.31. The number of hydrazone groups is 1. The van der Waals surface area contributed by atoms with Gasteiger partial charge in [-0.05, 0) is 55.0 Å². The van der Waals surface area contributed by atoms with E-state index in [1.807, 2.05) is 49.4 Å². The van der Waals surface area contributed by atoms with Crippen molar-refractivity contribution in [3.05, 3.63) is 94.0 Å². The highest BCUT2D eigenvalue weighted by atomic mass is 79.9. The van der Waals surface area contributed by atoms with Gasteiger partial charge in [-0.1, -0.05) is 52.3 Å². The van der Waals surface area contributed by atoms with Crippen molar-refractivity contribution in [3.63, 3.8) is 0 Å². The van der Waals surface area contributed by atoms with E-state index in [9.17, 15) is 9.59 Å². The summed E-state index contributed by atoms with van der Waals surface area (Å²) in [6.45, 7) is 2.25. The van der Waals surface area contributed by atoms with E-state index in [1.54, 1.807) is 36.4 Å². The molecule has 0 aliphatic carbocycles. The maximum Gasteiger partial charge on any atom is 0.276 e. The third kappa shape index (κ3) is 6.66. The topological polar surface area (TPSA) is 104 Å². The second-order valence-electron chi connectivity index (χ2n) is 8.19. The van der Waals surface area contributed by atoms with Gasteiger partial charge in [-0.25, -0.2) is 5.01 Å². The Hall–Kier alpha value is -4.42. The minimum Gasteiger partial charge on any atom is -0.490 e. The number of rotatable bonds is 10. The lowest BCUT2D eigenvalue weighted by Gasteiger charge is -2.13. The van der Waals surface area contributed by atoms with Crippen molar-refractivity contribution in [3.8, 4) is 17.6 Å². The minimum absolute atomic E-state index is 0.181. The molecule has 0 saturated heterocycles. The molecule has 0 atom stereocenters. The van der Waals surface area contributed by atoms with Gasteiger partial charge in [-0.2, -0.15) is 10.4 Å². The van der Waals surface area contributed by atoms with Crippen LogP contribution in [0.5, 0.6) is 11.5 Å². The lowest BCUT2D eigenvalue weighted by Crippen LogP contribution is -2.23. The summed E-state index contributed by atoms with van der Waals surface area (Å²) in [7, 11) is 0. The molecule has 3 aromatic carbocycles. The Labute approximate surface area is 229 Å². The van der Waals surface area contributed by atoms with Crippen LogP contribution in [0.3, 0.4) is 0 Å². The molecule has 1 N–H and O–H groups in total. The Morgan fingerprint density at radius 2 is 1.84 bits per heavy atom. The zero-order valence-corrected chi connectivity index (χ0v) is 22.3. The number of benzene rings is 3. The molecule has 2 amide bonds. The molecule has 9 heteroatoms. The van der Waals surface area contributed by atoms with Gasteiger partial charge >= 0.3 is 0 Å². The van der Waals surface area contributed by atoms with Crippen LogP contribution in [-0.2, 0) is 9.59 Å². The van der Waals surface area contributed by atoms with Crippen molar-refractivity contribution >= 4 is 45.2 Å². The van der Waals surface area contributed by atoms with E-state index in [4.69, 9.17) is 14.7 Å². The van der Waals surface area contributed by atoms with E-state index in [1.165, 1.54) is 5.01 Å². The largest absolute Gasteiger partial charge is 0.490 e. The SMILES string of the molecule is CCOc1cc(/C=C2/C(=O)N(CCC#N)N=C2c2ccccc2)ccc1OCC(=O)Nc1ccc(Br)cc1. The molecule has 0 unspecified atom stereocenters. The van der Waals surface area contributed by atoms with Crippen LogP contribution in [0.1, 0.15) is 24.5 Å². The van der Waals surface area contributed by atoms with Gasteiger partial charge in [-0.3, -0.25) is 9.59 Å². The molecule has 192 valence electrons. The van der Waals surface area contributed by atoms with Gasteiger partial charge in [0.05, 0.1) is 31.2 Å². The summed E-state index contributed by atoms with van der Waals surface area (Å²) >= 11 is 3.37. The lowest BCUT2D eigenvalue weighted by molar-refractivity contribution is -0.125. The molecule has 1 aliphatic heterocycles. The van der Waals surface area contributed by atoms with Crippen molar-refractivity contribution in [1.29, 1.82) is 5.26 Å². The summed E-state index contributed by atoms with van der Waals surface area (Å²) in [6, 6.07) is 24.0. The smallest absolute Gasteiger partial charge is 0.276 e. The van der Waals surface area contributed by atoms with Crippen molar-refractivity contribution < 1.29 is 19.1 Å². The summed E-state index contributed by atoms with van der Waals surface area (Å²) < 4.78 is 12.4. The van der Waals surface area contributed by atoms with Crippen LogP contribution in [0, 0.1) is 11.3 Å². The predicted molar refractivity (Wildman–Crippen MR) is 149 cm³/mol. The van der Waals surface area contributed by atoms with Crippen LogP contribution in [0.2, 0.25) is 0 Å². The molecule has 0 aromatic heterocycles. The molecule has 1 heterocycles. The van der Waals surface area contributed by atoms with Crippen LogP contribution in [0.4, 0.5) is 5.69 Å². The van der Waals surface area contributed by atoms with Crippen LogP contribution in [0.25, 0.3) is 6.08 Å². The van der Waals surface area contributed by atoms with Gasteiger partial charge in [0.25, 0.3) is 11.8 Å². The van der Waals surface area contributed by atoms with Crippen LogP contribution in [-0.4, -0.2) is 42.3 Å². The molecule has 0 fully saturated rings. The van der Waals surface area contributed by atoms with Crippen molar-refractivity contribution in [2.45, 2.75) is 13.3 Å². The average Bonchev–Trinajstić information content (AvgIpc) is 3.23. The van der Waals surface area contributed by atoms with E-state index >= 15 is 0 Å².